The number of anilines is 2. The molecule has 0 atom stereocenters. The van der Waals surface area contributed by atoms with Gasteiger partial charge in [0.2, 0.25) is 0 Å². The summed E-state index contributed by atoms with van der Waals surface area (Å²) in [4.78, 5) is 4.17. The Labute approximate surface area is 109 Å². The summed E-state index contributed by atoms with van der Waals surface area (Å²) in [5, 5.41) is 13.1. The highest BCUT2D eigenvalue weighted by atomic mass is 35.5. The molecule has 7 heteroatoms. The Morgan fingerprint density at radius 2 is 2.00 bits per heavy atom. The van der Waals surface area contributed by atoms with Crippen LogP contribution in [0.1, 0.15) is 12.8 Å². The number of halogens is 2. The fourth-order valence-corrected chi connectivity index (χ4v) is 2.28. The van der Waals surface area contributed by atoms with Gasteiger partial charge in [-0.25, -0.2) is 10.8 Å². The van der Waals surface area contributed by atoms with E-state index in [1.807, 2.05) is 0 Å². The molecule has 0 radical (unpaired) electrons. The number of nitrogens with zero attached hydrogens (tertiary/aromatic N) is 1. The zero-order valence-electron chi connectivity index (χ0n) is 9.08. The van der Waals surface area contributed by atoms with Crippen molar-refractivity contribution < 1.29 is 5.11 Å². The first-order valence-electron chi connectivity index (χ1n) is 5.34. The van der Waals surface area contributed by atoms with Gasteiger partial charge in [0.1, 0.15) is 5.82 Å². The second-order valence-corrected chi connectivity index (χ2v) is 4.98. The molecule has 0 bridgehead atoms. The number of aliphatic hydroxyl groups is 1. The largest absolute Gasteiger partial charge is 0.393 e. The number of aliphatic hydroxyl groups excluding tert-OH is 1. The van der Waals surface area contributed by atoms with Gasteiger partial charge in [-0.1, -0.05) is 23.2 Å². The Hall–Kier alpha value is -0.750. The van der Waals surface area contributed by atoms with Crippen molar-refractivity contribution >= 4 is 34.8 Å². The van der Waals surface area contributed by atoms with Gasteiger partial charge >= 0.3 is 0 Å². The van der Waals surface area contributed by atoms with Crippen molar-refractivity contribution in [3.05, 3.63) is 16.1 Å². The Balaban J connectivity index is 2.00. The molecule has 2 rings (SSSR count). The smallest absolute Gasteiger partial charge is 0.161 e. The number of hydrogen-bond donors (Lipinski definition) is 4. The molecule has 1 aliphatic carbocycles. The number of hydrogen-bond acceptors (Lipinski definition) is 5. The van der Waals surface area contributed by atoms with Gasteiger partial charge in [-0.05, 0) is 24.8 Å². The molecular weight excluding hydrogens is 263 g/mol. The van der Waals surface area contributed by atoms with Gasteiger partial charge in [0.25, 0.3) is 0 Å². The minimum Gasteiger partial charge on any atom is -0.393 e. The van der Waals surface area contributed by atoms with Crippen molar-refractivity contribution in [2.75, 3.05) is 17.3 Å². The number of nitrogens with two attached hydrogens (primary N) is 1. The average molecular weight is 277 g/mol. The normalized spacial score (nSPS) is 23.1. The third-order valence-electron chi connectivity index (χ3n) is 2.84. The first kappa shape index (κ1) is 12.7. The van der Waals surface area contributed by atoms with Crippen LogP contribution in [0, 0.1) is 5.92 Å². The lowest BCUT2D eigenvalue weighted by Gasteiger charge is -2.31. The van der Waals surface area contributed by atoms with Crippen LogP contribution in [0.5, 0.6) is 0 Å². The van der Waals surface area contributed by atoms with Crippen LogP contribution < -0.4 is 16.6 Å². The van der Waals surface area contributed by atoms with Crippen molar-refractivity contribution in [1.29, 1.82) is 0 Å². The van der Waals surface area contributed by atoms with E-state index in [4.69, 9.17) is 29.0 Å². The highest BCUT2D eigenvalue weighted by Gasteiger charge is 2.26. The highest BCUT2D eigenvalue weighted by molar-refractivity contribution is 6.37. The predicted octanol–water partition coefficient (Wildman–Crippen LogP) is 1.86. The molecule has 1 aromatic rings. The van der Waals surface area contributed by atoms with Crippen molar-refractivity contribution in [3.63, 3.8) is 0 Å². The molecule has 1 saturated carbocycles. The van der Waals surface area contributed by atoms with Crippen LogP contribution >= 0.6 is 23.2 Å². The number of nitrogens with one attached hydrogen (secondary N) is 2. The SMILES string of the molecule is NNc1nc(NCC2CC(O)C2)c(Cl)cc1Cl. The lowest BCUT2D eigenvalue weighted by Crippen LogP contribution is -2.33. The number of pyridine rings is 1. The van der Waals surface area contributed by atoms with Crippen LogP contribution in [0.15, 0.2) is 6.07 Å². The second kappa shape index (κ2) is 5.27. The summed E-state index contributed by atoms with van der Waals surface area (Å²) < 4.78 is 0. The van der Waals surface area contributed by atoms with Gasteiger partial charge in [0.05, 0.1) is 16.1 Å². The van der Waals surface area contributed by atoms with Gasteiger partial charge in [-0.2, -0.15) is 0 Å². The zero-order chi connectivity index (χ0) is 12.4. The van der Waals surface area contributed by atoms with E-state index in [1.165, 1.54) is 0 Å². The zero-order valence-corrected chi connectivity index (χ0v) is 10.6. The topological polar surface area (TPSA) is 83.2 Å². The predicted molar refractivity (Wildman–Crippen MR) is 69.3 cm³/mol. The molecule has 1 aliphatic rings. The second-order valence-electron chi connectivity index (χ2n) is 4.17. The van der Waals surface area contributed by atoms with Crippen molar-refractivity contribution in [2.24, 2.45) is 11.8 Å². The maximum Gasteiger partial charge on any atom is 0.161 e. The monoisotopic (exact) mass is 276 g/mol. The molecule has 1 fully saturated rings. The summed E-state index contributed by atoms with van der Waals surface area (Å²) >= 11 is 11.9. The van der Waals surface area contributed by atoms with Crippen LogP contribution in [0.25, 0.3) is 0 Å². The lowest BCUT2D eigenvalue weighted by atomic mass is 9.82. The van der Waals surface area contributed by atoms with Gasteiger partial charge < -0.3 is 15.8 Å². The molecule has 0 saturated heterocycles. The number of aromatic nitrogens is 1. The first-order chi connectivity index (χ1) is 8.10. The third-order valence-corrected chi connectivity index (χ3v) is 3.41. The number of rotatable bonds is 4. The van der Waals surface area contributed by atoms with E-state index in [0.717, 1.165) is 19.4 Å². The van der Waals surface area contributed by atoms with Gasteiger partial charge in [0, 0.05) is 6.54 Å². The molecule has 17 heavy (non-hydrogen) atoms. The minimum atomic E-state index is -0.156. The van der Waals surface area contributed by atoms with Crippen LogP contribution in [0.2, 0.25) is 10.0 Å². The summed E-state index contributed by atoms with van der Waals surface area (Å²) in [6, 6.07) is 1.59. The Bertz CT molecular complexity index is 410. The van der Waals surface area contributed by atoms with Gasteiger partial charge in [0.15, 0.2) is 5.82 Å². The van der Waals surface area contributed by atoms with Crippen LogP contribution in [0.4, 0.5) is 11.6 Å². The van der Waals surface area contributed by atoms with Crippen LogP contribution in [0.3, 0.4) is 0 Å². The molecule has 94 valence electrons. The summed E-state index contributed by atoms with van der Waals surface area (Å²) in [7, 11) is 0. The van der Waals surface area contributed by atoms with Crippen molar-refractivity contribution in [1.82, 2.24) is 4.98 Å². The van der Waals surface area contributed by atoms with Crippen LogP contribution in [-0.2, 0) is 0 Å². The van der Waals surface area contributed by atoms with E-state index in [1.54, 1.807) is 6.07 Å². The Morgan fingerprint density at radius 1 is 1.35 bits per heavy atom. The molecule has 0 amide bonds. The number of hydrazine groups is 1. The summed E-state index contributed by atoms with van der Waals surface area (Å²) in [6.07, 6.45) is 1.48. The molecule has 1 heterocycles. The average Bonchev–Trinajstić information content (AvgIpc) is 2.25. The molecule has 0 spiro atoms. The minimum absolute atomic E-state index is 0.156. The van der Waals surface area contributed by atoms with E-state index >= 15 is 0 Å². The van der Waals surface area contributed by atoms with Crippen molar-refractivity contribution in [3.8, 4) is 0 Å². The summed E-state index contributed by atoms with van der Waals surface area (Å²) in [5.41, 5.74) is 2.40. The lowest BCUT2D eigenvalue weighted by molar-refractivity contribution is 0.0486. The Morgan fingerprint density at radius 3 is 2.59 bits per heavy atom. The first-order valence-corrected chi connectivity index (χ1v) is 6.10. The summed E-state index contributed by atoms with van der Waals surface area (Å²) in [5.74, 6) is 6.67. The van der Waals surface area contributed by atoms with Crippen molar-refractivity contribution in [2.45, 2.75) is 18.9 Å². The molecular formula is C10H14Cl2N4O. The molecule has 0 unspecified atom stereocenters. The molecule has 5 N–H and O–H groups in total. The molecule has 0 aromatic carbocycles. The fourth-order valence-electron chi connectivity index (χ4n) is 1.80. The van der Waals surface area contributed by atoms with E-state index in [0.29, 0.717) is 27.6 Å². The molecule has 0 aliphatic heterocycles. The van der Waals surface area contributed by atoms with E-state index in [-0.39, 0.29) is 6.10 Å². The van der Waals surface area contributed by atoms with Gasteiger partial charge in [-0.15, -0.1) is 0 Å². The Kier molecular flexibility index (Phi) is 3.93. The van der Waals surface area contributed by atoms with E-state index in [9.17, 15) is 5.11 Å². The molecule has 5 nitrogen and oxygen atoms in total. The maximum atomic E-state index is 9.18. The van der Waals surface area contributed by atoms with Crippen LogP contribution in [-0.4, -0.2) is 22.7 Å². The van der Waals surface area contributed by atoms with E-state index in [2.05, 4.69) is 15.7 Å². The standard InChI is InChI=1S/C10H14Cl2N4O/c11-7-3-8(12)10(16-13)15-9(7)14-4-5-1-6(17)2-5/h3,5-6,17H,1-2,4,13H2,(H2,14,15,16). The third kappa shape index (κ3) is 2.93. The van der Waals surface area contributed by atoms with E-state index < -0.39 is 0 Å². The highest BCUT2D eigenvalue weighted by Crippen LogP contribution is 2.31. The molecule has 1 aromatic heterocycles. The van der Waals surface area contributed by atoms with Gasteiger partial charge in [-0.3, -0.25) is 0 Å². The summed E-state index contributed by atoms with van der Waals surface area (Å²) in [6.45, 7) is 0.732. The number of nitrogen functional groups attached to an aromatic ring is 1. The maximum absolute atomic E-state index is 9.18. The quantitative estimate of drug-likeness (QED) is 0.499. The fraction of sp³-hybridized carbons (Fsp3) is 0.500.